The van der Waals surface area contributed by atoms with Gasteiger partial charge in [0.1, 0.15) is 5.82 Å². The maximum absolute atomic E-state index is 12.1. The van der Waals surface area contributed by atoms with Gasteiger partial charge in [0, 0.05) is 45.5 Å². The Labute approximate surface area is 118 Å². The maximum Gasteiger partial charge on any atom is 0.224 e. The molecule has 1 N–H and O–H groups in total. The zero-order valence-electron chi connectivity index (χ0n) is 11.7. The van der Waals surface area contributed by atoms with Crippen molar-refractivity contribution in [3.63, 3.8) is 0 Å². The van der Waals surface area contributed by atoms with Gasteiger partial charge in [-0.2, -0.15) is 0 Å². The zero-order chi connectivity index (χ0) is 14.8. The summed E-state index contributed by atoms with van der Waals surface area (Å²) in [6.07, 6.45) is 3.70. The molecular weight excluding hydrogens is 280 g/mol. The fourth-order valence-electron chi connectivity index (χ4n) is 2.21. The minimum Gasteiger partial charge on any atom is -0.338 e. The molecule has 1 atom stereocenters. The van der Waals surface area contributed by atoms with Crippen LogP contribution in [0.25, 0.3) is 0 Å². The Balaban J connectivity index is 1.89. The van der Waals surface area contributed by atoms with Crippen molar-refractivity contribution in [3.8, 4) is 0 Å². The largest absolute Gasteiger partial charge is 0.338 e. The van der Waals surface area contributed by atoms with Crippen LogP contribution in [0.3, 0.4) is 0 Å². The summed E-state index contributed by atoms with van der Waals surface area (Å²) in [5.74, 6) is 0.906. The second kappa shape index (κ2) is 5.92. The number of carbonyl (C=O) groups is 1. The molecule has 20 heavy (non-hydrogen) atoms. The van der Waals surface area contributed by atoms with Gasteiger partial charge in [-0.3, -0.25) is 4.79 Å². The lowest BCUT2D eigenvalue weighted by molar-refractivity contribution is -0.131. The average Bonchev–Trinajstić information content (AvgIpc) is 2.73. The minimum atomic E-state index is -3.01. The van der Waals surface area contributed by atoms with Crippen LogP contribution in [0.1, 0.15) is 12.2 Å². The summed E-state index contributed by atoms with van der Waals surface area (Å²) < 4.78 is 24.9. The van der Waals surface area contributed by atoms with Gasteiger partial charge >= 0.3 is 0 Å². The van der Waals surface area contributed by atoms with Gasteiger partial charge in [0.25, 0.3) is 0 Å². The highest BCUT2D eigenvalue weighted by Crippen LogP contribution is 2.08. The van der Waals surface area contributed by atoms with Crippen molar-refractivity contribution >= 4 is 15.7 Å². The van der Waals surface area contributed by atoms with Crippen LogP contribution in [-0.2, 0) is 28.2 Å². The van der Waals surface area contributed by atoms with Crippen molar-refractivity contribution < 1.29 is 13.2 Å². The van der Waals surface area contributed by atoms with Crippen molar-refractivity contribution in [3.05, 3.63) is 18.2 Å². The van der Waals surface area contributed by atoms with Gasteiger partial charge in [-0.1, -0.05) is 0 Å². The molecule has 0 spiro atoms. The number of sulfone groups is 1. The highest BCUT2D eigenvalue weighted by molar-refractivity contribution is 7.91. The quantitative estimate of drug-likeness (QED) is 0.783. The molecule has 0 saturated carbocycles. The third-order valence-corrected chi connectivity index (χ3v) is 5.18. The molecule has 1 amide bonds. The van der Waals surface area contributed by atoms with Gasteiger partial charge in [-0.25, -0.2) is 13.4 Å². The second-order valence-electron chi connectivity index (χ2n) is 5.17. The molecule has 0 aliphatic carbocycles. The summed E-state index contributed by atoms with van der Waals surface area (Å²) in [6.45, 7) is 0.838. The van der Waals surface area contributed by atoms with Crippen LogP contribution in [0.5, 0.6) is 0 Å². The SMILES string of the molecule is CN(Cc1nccn1C)C(=O)CC1CS(=O)(=O)CCN1. The number of hydrogen-bond acceptors (Lipinski definition) is 5. The normalized spacial score (nSPS) is 21.6. The molecule has 0 bridgehead atoms. The Morgan fingerprint density at radius 1 is 1.60 bits per heavy atom. The number of imidazole rings is 1. The van der Waals surface area contributed by atoms with E-state index in [1.807, 2.05) is 17.8 Å². The van der Waals surface area contributed by atoms with E-state index in [2.05, 4.69) is 10.3 Å². The first-order valence-electron chi connectivity index (χ1n) is 6.51. The van der Waals surface area contributed by atoms with E-state index < -0.39 is 9.84 Å². The summed E-state index contributed by atoms with van der Waals surface area (Å²) in [5.41, 5.74) is 0. The van der Waals surface area contributed by atoms with Crippen LogP contribution < -0.4 is 5.32 Å². The number of aromatic nitrogens is 2. The fraction of sp³-hybridized carbons (Fsp3) is 0.667. The van der Waals surface area contributed by atoms with Crippen LogP contribution in [0.4, 0.5) is 0 Å². The van der Waals surface area contributed by atoms with E-state index in [9.17, 15) is 13.2 Å². The first-order chi connectivity index (χ1) is 9.37. The fourth-order valence-corrected chi connectivity index (χ4v) is 3.66. The molecule has 2 heterocycles. The summed E-state index contributed by atoms with van der Waals surface area (Å²) >= 11 is 0. The topological polar surface area (TPSA) is 84.3 Å². The molecule has 0 aromatic carbocycles. The van der Waals surface area contributed by atoms with Gasteiger partial charge in [0.2, 0.25) is 5.91 Å². The highest BCUT2D eigenvalue weighted by Gasteiger charge is 2.27. The van der Waals surface area contributed by atoms with Crippen LogP contribution in [0.2, 0.25) is 0 Å². The summed E-state index contributed by atoms with van der Waals surface area (Å²) in [5, 5.41) is 3.08. The first kappa shape index (κ1) is 15.0. The molecule has 112 valence electrons. The summed E-state index contributed by atoms with van der Waals surface area (Å²) in [7, 11) is 0.564. The van der Waals surface area contributed by atoms with Gasteiger partial charge in [0.05, 0.1) is 18.1 Å². The molecule has 1 aliphatic rings. The predicted molar refractivity (Wildman–Crippen MR) is 74.7 cm³/mol. The molecule has 1 fully saturated rings. The lowest BCUT2D eigenvalue weighted by Gasteiger charge is -2.25. The lowest BCUT2D eigenvalue weighted by atomic mass is 10.2. The third-order valence-electron chi connectivity index (χ3n) is 3.45. The van der Waals surface area contributed by atoms with Crippen LogP contribution in [-0.4, -0.2) is 59.9 Å². The number of nitrogens with one attached hydrogen (secondary N) is 1. The van der Waals surface area contributed by atoms with Gasteiger partial charge in [0.15, 0.2) is 9.84 Å². The van der Waals surface area contributed by atoms with Gasteiger partial charge < -0.3 is 14.8 Å². The predicted octanol–water partition coefficient (Wildman–Crippen LogP) is -0.845. The van der Waals surface area contributed by atoms with Gasteiger partial charge in [-0.05, 0) is 0 Å². The van der Waals surface area contributed by atoms with Crippen molar-refractivity contribution in [2.45, 2.75) is 19.0 Å². The average molecular weight is 300 g/mol. The van der Waals surface area contributed by atoms with Crippen molar-refractivity contribution in [2.75, 3.05) is 25.1 Å². The molecule has 1 aromatic heterocycles. The Morgan fingerprint density at radius 3 is 2.95 bits per heavy atom. The smallest absolute Gasteiger partial charge is 0.224 e. The van der Waals surface area contributed by atoms with E-state index >= 15 is 0 Å². The summed E-state index contributed by atoms with van der Waals surface area (Å²) in [4.78, 5) is 17.9. The van der Waals surface area contributed by atoms with Gasteiger partial charge in [-0.15, -0.1) is 0 Å². The van der Waals surface area contributed by atoms with Crippen molar-refractivity contribution in [1.29, 1.82) is 0 Å². The Kier molecular flexibility index (Phi) is 4.44. The number of hydrogen-bond donors (Lipinski definition) is 1. The molecule has 1 aliphatic heterocycles. The first-order valence-corrected chi connectivity index (χ1v) is 8.33. The number of carbonyl (C=O) groups excluding carboxylic acids is 1. The van der Waals surface area contributed by atoms with E-state index in [0.717, 1.165) is 5.82 Å². The van der Waals surface area contributed by atoms with Crippen LogP contribution in [0.15, 0.2) is 12.4 Å². The van der Waals surface area contributed by atoms with Crippen LogP contribution in [0, 0.1) is 0 Å². The Morgan fingerprint density at radius 2 is 2.35 bits per heavy atom. The number of rotatable bonds is 4. The number of nitrogens with zero attached hydrogens (tertiary/aromatic N) is 3. The van der Waals surface area contributed by atoms with E-state index in [-0.39, 0.29) is 29.9 Å². The minimum absolute atomic E-state index is 0.0367. The third kappa shape index (κ3) is 3.80. The number of aryl methyl sites for hydroxylation is 1. The summed E-state index contributed by atoms with van der Waals surface area (Å²) in [6, 6.07) is -0.287. The van der Waals surface area contributed by atoms with Crippen molar-refractivity contribution in [2.24, 2.45) is 7.05 Å². The lowest BCUT2D eigenvalue weighted by Crippen LogP contribution is -2.47. The van der Waals surface area contributed by atoms with Crippen molar-refractivity contribution in [1.82, 2.24) is 19.8 Å². The van der Waals surface area contributed by atoms with E-state index in [1.54, 1.807) is 18.1 Å². The molecule has 2 rings (SSSR count). The number of amides is 1. The monoisotopic (exact) mass is 300 g/mol. The van der Waals surface area contributed by atoms with E-state index in [1.165, 1.54) is 0 Å². The standard InChI is InChI=1S/C12H20N4O3S/c1-15-5-3-14-11(15)8-16(2)12(17)7-10-9-20(18,19)6-4-13-10/h3,5,10,13H,4,6-9H2,1-2H3. The second-order valence-corrected chi connectivity index (χ2v) is 7.40. The molecule has 7 nitrogen and oxygen atoms in total. The maximum atomic E-state index is 12.1. The van der Waals surface area contributed by atoms with Crippen LogP contribution >= 0.6 is 0 Å². The Hall–Kier alpha value is -1.41. The Bertz CT molecular complexity index is 581. The molecule has 1 unspecified atom stereocenters. The molecule has 0 radical (unpaired) electrons. The molecular formula is C12H20N4O3S. The van der Waals surface area contributed by atoms with E-state index in [0.29, 0.717) is 13.1 Å². The van der Waals surface area contributed by atoms with E-state index in [4.69, 9.17) is 0 Å². The molecule has 8 heteroatoms. The highest BCUT2D eigenvalue weighted by atomic mass is 32.2. The molecule has 1 saturated heterocycles. The zero-order valence-corrected chi connectivity index (χ0v) is 12.6. The molecule has 1 aromatic rings.